The molecule has 0 unspecified atom stereocenters. The van der Waals surface area contributed by atoms with Gasteiger partial charge in [-0.2, -0.15) is 4.98 Å². The Morgan fingerprint density at radius 3 is 2.40 bits per heavy atom. The van der Waals surface area contributed by atoms with Gasteiger partial charge in [-0.1, -0.05) is 0 Å². The number of anilines is 4. The maximum Gasteiger partial charge on any atom is 0.260 e. The Kier molecular flexibility index (Phi) is 5.93. The van der Waals surface area contributed by atoms with Crippen LogP contribution in [0.25, 0.3) is 0 Å². The normalized spacial score (nSPS) is 21.5. The first kappa shape index (κ1) is 22.5. The molecule has 1 saturated carbocycles. The molecule has 1 amide bonds. The number of morpholine rings is 1. The molecule has 2 aromatic heterocycles. The van der Waals surface area contributed by atoms with E-state index < -0.39 is 0 Å². The van der Waals surface area contributed by atoms with E-state index in [9.17, 15) is 4.79 Å². The van der Waals surface area contributed by atoms with Gasteiger partial charge >= 0.3 is 0 Å². The summed E-state index contributed by atoms with van der Waals surface area (Å²) in [4.78, 5) is 32.0. The first-order valence-electron chi connectivity index (χ1n) is 12.7. The number of hydrogen-bond acceptors (Lipinski definition) is 9. The summed E-state index contributed by atoms with van der Waals surface area (Å²) in [6, 6.07) is 5.83. The van der Waals surface area contributed by atoms with Crippen LogP contribution in [0.5, 0.6) is 0 Å². The number of piperidine rings is 1. The molecule has 1 aliphatic carbocycles. The number of ether oxygens (including phenoxy) is 2. The molecule has 35 heavy (non-hydrogen) atoms. The Balaban J connectivity index is 1.24. The topological polar surface area (TPSA) is 105 Å². The molecule has 0 atom stereocenters. The Morgan fingerprint density at radius 1 is 0.943 bits per heavy atom. The van der Waals surface area contributed by atoms with E-state index in [1.165, 1.54) is 12.8 Å². The lowest BCUT2D eigenvalue weighted by atomic mass is 9.93. The predicted molar refractivity (Wildman–Crippen MR) is 133 cm³/mol. The lowest BCUT2D eigenvalue weighted by Crippen LogP contribution is -2.41. The molecule has 0 radical (unpaired) electrons. The average molecular weight is 480 g/mol. The van der Waals surface area contributed by atoms with Gasteiger partial charge in [0, 0.05) is 37.9 Å². The van der Waals surface area contributed by atoms with Gasteiger partial charge in [-0.15, -0.1) is 0 Å². The minimum Gasteiger partial charge on any atom is -0.378 e. The maximum atomic E-state index is 13.5. The van der Waals surface area contributed by atoms with Gasteiger partial charge in [-0.3, -0.25) is 4.79 Å². The average Bonchev–Trinajstić information content (AvgIpc) is 3.60. The predicted octanol–water partition coefficient (Wildman–Crippen LogP) is 2.46. The highest BCUT2D eigenvalue weighted by Gasteiger charge is 2.45. The van der Waals surface area contributed by atoms with E-state index in [1.54, 1.807) is 6.07 Å². The molecule has 186 valence electrons. The quantitative estimate of drug-likeness (QED) is 0.646. The molecule has 5 heterocycles. The maximum absolute atomic E-state index is 13.5. The summed E-state index contributed by atoms with van der Waals surface area (Å²) < 4.78 is 10.7. The Morgan fingerprint density at radius 2 is 1.71 bits per heavy atom. The molecule has 2 N–H and O–H groups in total. The van der Waals surface area contributed by atoms with Crippen molar-refractivity contribution in [3.8, 4) is 0 Å². The lowest BCUT2D eigenvalue weighted by Gasteiger charge is -2.34. The number of nitrogens with zero attached hydrogens (tertiary/aromatic N) is 5. The van der Waals surface area contributed by atoms with E-state index in [4.69, 9.17) is 14.5 Å². The molecular weight excluding hydrogens is 446 g/mol. The van der Waals surface area contributed by atoms with Gasteiger partial charge in [0.05, 0.1) is 38.0 Å². The van der Waals surface area contributed by atoms with Gasteiger partial charge in [0.2, 0.25) is 5.95 Å². The van der Waals surface area contributed by atoms with Crippen molar-refractivity contribution in [1.29, 1.82) is 0 Å². The van der Waals surface area contributed by atoms with Crippen molar-refractivity contribution in [2.24, 2.45) is 5.41 Å². The van der Waals surface area contributed by atoms with Crippen molar-refractivity contribution in [1.82, 2.24) is 15.0 Å². The van der Waals surface area contributed by atoms with Crippen LogP contribution in [-0.2, 0) is 9.47 Å². The third-order valence-corrected chi connectivity index (χ3v) is 7.57. The van der Waals surface area contributed by atoms with E-state index >= 15 is 0 Å². The summed E-state index contributed by atoms with van der Waals surface area (Å²) in [7, 11) is 0. The third kappa shape index (κ3) is 4.90. The molecule has 6 rings (SSSR count). The second kappa shape index (κ2) is 9.23. The van der Waals surface area contributed by atoms with Crippen molar-refractivity contribution >= 4 is 29.3 Å². The van der Waals surface area contributed by atoms with E-state index in [-0.39, 0.29) is 11.9 Å². The number of carbonyl (C=O) groups excluding carboxylic acids is 1. The first-order valence-corrected chi connectivity index (χ1v) is 12.7. The summed E-state index contributed by atoms with van der Waals surface area (Å²) in [6.45, 7) is 7.92. The molecule has 0 bridgehead atoms. The second-order valence-electron chi connectivity index (χ2n) is 10.2. The SMILES string of the molecule is Cc1cc(NC(=O)c2ccc(NC3COC3)nc2N2CCC3(CC2)CC3)nc(N2CCOCC2)n1. The fraction of sp³-hybridized carbons (Fsp3) is 0.600. The number of carbonyl (C=O) groups is 1. The smallest absolute Gasteiger partial charge is 0.260 e. The fourth-order valence-electron chi connectivity index (χ4n) is 5.05. The second-order valence-corrected chi connectivity index (χ2v) is 10.2. The summed E-state index contributed by atoms with van der Waals surface area (Å²) in [6.07, 6.45) is 5.00. The van der Waals surface area contributed by atoms with Crippen molar-refractivity contribution in [2.75, 3.05) is 73.0 Å². The highest BCUT2D eigenvalue weighted by atomic mass is 16.5. The molecular formula is C25H33N7O3. The molecule has 0 aromatic carbocycles. The van der Waals surface area contributed by atoms with Crippen LogP contribution >= 0.6 is 0 Å². The molecule has 10 heteroatoms. The minimum atomic E-state index is -0.205. The number of pyridine rings is 1. The highest BCUT2D eigenvalue weighted by Crippen LogP contribution is 2.54. The van der Waals surface area contributed by atoms with Gasteiger partial charge in [0.15, 0.2) is 0 Å². The largest absolute Gasteiger partial charge is 0.378 e. The van der Waals surface area contributed by atoms with Crippen molar-refractivity contribution in [2.45, 2.75) is 38.6 Å². The summed E-state index contributed by atoms with van der Waals surface area (Å²) in [5.74, 6) is 2.43. The molecule has 4 aliphatic rings. The van der Waals surface area contributed by atoms with Gasteiger partial charge < -0.3 is 29.9 Å². The first-order chi connectivity index (χ1) is 17.1. The zero-order valence-electron chi connectivity index (χ0n) is 20.3. The van der Waals surface area contributed by atoms with Crippen molar-refractivity contribution in [3.05, 3.63) is 29.5 Å². The zero-order valence-corrected chi connectivity index (χ0v) is 20.3. The molecule has 4 fully saturated rings. The molecule has 10 nitrogen and oxygen atoms in total. The van der Waals surface area contributed by atoms with E-state index in [2.05, 4.69) is 30.4 Å². The van der Waals surface area contributed by atoms with Gasteiger partial charge in [-0.25, -0.2) is 9.97 Å². The summed E-state index contributed by atoms with van der Waals surface area (Å²) >= 11 is 0. The number of nitrogens with one attached hydrogen (secondary N) is 2. The molecule has 3 aliphatic heterocycles. The number of aryl methyl sites for hydroxylation is 1. The van der Waals surface area contributed by atoms with Crippen LogP contribution in [0, 0.1) is 12.3 Å². The summed E-state index contributed by atoms with van der Waals surface area (Å²) in [5.41, 5.74) is 1.92. The number of amides is 1. The Labute approximate surface area is 205 Å². The van der Waals surface area contributed by atoms with Crippen molar-refractivity contribution < 1.29 is 14.3 Å². The lowest BCUT2D eigenvalue weighted by molar-refractivity contribution is 0.0209. The monoisotopic (exact) mass is 479 g/mol. The fourth-order valence-corrected chi connectivity index (χ4v) is 5.05. The van der Waals surface area contributed by atoms with Crippen LogP contribution in [0.4, 0.5) is 23.4 Å². The van der Waals surface area contributed by atoms with Gasteiger partial charge in [0.1, 0.15) is 17.5 Å². The van der Waals surface area contributed by atoms with Crippen molar-refractivity contribution in [3.63, 3.8) is 0 Å². The highest BCUT2D eigenvalue weighted by molar-refractivity contribution is 6.07. The van der Waals surface area contributed by atoms with E-state index in [0.717, 1.165) is 56.4 Å². The molecule has 2 aromatic rings. The summed E-state index contributed by atoms with van der Waals surface area (Å²) in [5, 5.41) is 6.44. The number of hydrogen-bond donors (Lipinski definition) is 2. The van der Waals surface area contributed by atoms with Crippen LogP contribution < -0.4 is 20.4 Å². The molecule has 1 spiro atoms. The van der Waals surface area contributed by atoms with Crippen LogP contribution in [0.3, 0.4) is 0 Å². The minimum absolute atomic E-state index is 0.205. The van der Waals surface area contributed by atoms with Gasteiger partial charge in [-0.05, 0) is 50.2 Å². The zero-order chi connectivity index (χ0) is 23.8. The van der Waals surface area contributed by atoms with Gasteiger partial charge in [0.25, 0.3) is 5.91 Å². The van der Waals surface area contributed by atoms with Crippen LogP contribution in [0.15, 0.2) is 18.2 Å². The number of aromatic nitrogens is 3. The molecule has 3 saturated heterocycles. The number of rotatable bonds is 6. The van der Waals surface area contributed by atoms with E-state index in [0.29, 0.717) is 49.2 Å². The standard InChI is InChI=1S/C25H33N7O3/c1-17-14-21(30-24(26-17)32-10-12-34-13-11-32)29-23(33)19-2-3-20(27-18-15-35-16-18)28-22(19)31-8-6-25(4-5-25)7-9-31/h2-3,14,18H,4-13,15-16H2,1H3,(H,27,28)(H,26,29,30,33). The van der Waals surface area contributed by atoms with Crippen LogP contribution in [-0.4, -0.2) is 79.5 Å². The third-order valence-electron chi connectivity index (χ3n) is 7.57. The van der Waals surface area contributed by atoms with Crippen LogP contribution in [0.2, 0.25) is 0 Å². The Hall–Kier alpha value is -2.98. The Bertz CT molecular complexity index is 1090. The van der Waals surface area contributed by atoms with E-state index in [1.807, 2.05) is 19.1 Å². The van der Waals surface area contributed by atoms with Crippen LogP contribution in [0.1, 0.15) is 41.7 Å².